The molecule has 1 fully saturated rings. The first-order valence-corrected chi connectivity index (χ1v) is 6.16. The number of carbonyl (C=O) groups is 1. The molecule has 0 aromatic heterocycles. The van der Waals surface area contributed by atoms with Gasteiger partial charge in [-0.3, -0.25) is 4.79 Å². The predicted octanol–water partition coefficient (Wildman–Crippen LogP) is 2.37. The summed E-state index contributed by atoms with van der Waals surface area (Å²) in [5.74, 6) is -0.512. The van der Waals surface area contributed by atoms with Gasteiger partial charge in [-0.15, -0.1) is 0 Å². The summed E-state index contributed by atoms with van der Waals surface area (Å²) in [5, 5.41) is 0. The van der Waals surface area contributed by atoms with E-state index in [9.17, 15) is 13.6 Å². The second-order valence-electron chi connectivity index (χ2n) is 3.70. The Balaban J connectivity index is 2.37. The first-order chi connectivity index (χ1) is 7.54. The van der Waals surface area contributed by atoms with Crippen LogP contribution in [0.4, 0.5) is 8.78 Å². The maximum absolute atomic E-state index is 12.0. The van der Waals surface area contributed by atoms with Gasteiger partial charge >= 0.3 is 5.97 Å². The minimum atomic E-state index is -2.47. The molecule has 0 radical (unpaired) electrons. The number of hydrogen-bond donors (Lipinski definition) is 0. The molecule has 1 aliphatic carbocycles. The summed E-state index contributed by atoms with van der Waals surface area (Å²) in [4.78, 5) is 11.4. The van der Waals surface area contributed by atoms with Crippen molar-refractivity contribution in [2.45, 2.75) is 37.1 Å². The Bertz CT molecular complexity index is 238. The molecule has 1 aliphatic rings. The molecule has 0 heterocycles. The highest BCUT2D eigenvalue weighted by molar-refractivity contribution is 9.09. The van der Waals surface area contributed by atoms with E-state index in [0.29, 0.717) is 19.4 Å². The van der Waals surface area contributed by atoms with Gasteiger partial charge in [-0.25, -0.2) is 8.78 Å². The maximum Gasteiger partial charge on any atom is 0.309 e. The highest BCUT2D eigenvalue weighted by Crippen LogP contribution is 2.34. The largest absolute Gasteiger partial charge is 0.466 e. The van der Waals surface area contributed by atoms with E-state index in [1.54, 1.807) is 6.92 Å². The highest BCUT2D eigenvalue weighted by atomic mass is 79.9. The van der Waals surface area contributed by atoms with Crippen LogP contribution in [0.2, 0.25) is 0 Å². The van der Waals surface area contributed by atoms with Crippen molar-refractivity contribution in [1.29, 1.82) is 0 Å². The molecule has 6 heteroatoms. The van der Waals surface area contributed by atoms with Crippen LogP contribution in [-0.2, 0) is 14.3 Å². The van der Waals surface area contributed by atoms with Gasteiger partial charge in [0.15, 0.2) is 0 Å². The first kappa shape index (κ1) is 13.8. The summed E-state index contributed by atoms with van der Waals surface area (Å²) in [6, 6.07) is 0. The molecular formula is C10H15BrF2O3. The maximum atomic E-state index is 12.0. The molecule has 94 valence electrons. The summed E-state index contributed by atoms with van der Waals surface area (Å²) in [5.41, 5.74) is 0. The van der Waals surface area contributed by atoms with E-state index in [-0.39, 0.29) is 22.8 Å². The molecule has 16 heavy (non-hydrogen) atoms. The van der Waals surface area contributed by atoms with E-state index in [2.05, 4.69) is 15.9 Å². The Labute approximate surface area is 102 Å². The van der Waals surface area contributed by atoms with Crippen molar-refractivity contribution in [3.63, 3.8) is 0 Å². The fourth-order valence-corrected chi connectivity index (χ4v) is 2.59. The lowest BCUT2D eigenvalue weighted by molar-refractivity contribution is -0.148. The Morgan fingerprint density at radius 1 is 1.50 bits per heavy atom. The van der Waals surface area contributed by atoms with Gasteiger partial charge in [0.25, 0.3) is 6.43 Å². The Morgan fingerprint density at radius 2 is 2.19 bits per heavy atom. The van der Waals surface area contributed by atoms with Gasteiger partial charge in [0.2, 0.25) is 0 Å². The quantitative estimate of drug-likeness (QED) is 0.578. The number of halogens is 3. The number of rotatable bonds is 5. The molecular weight excluding hydrogens is 286 g/mol. The van der Waals surface area contributed by atoms with E-state index in [1.807, 2.05) is 0 Å². The van der Waals surface area contributed by atoms with Crippen LogP contribution in [0.15, 0.2) is 0 Å². The van der Waals surface area contributed by atoms with Gasteiger partial charge < -0.3 is 9.47 Å². The zero-order valence-electron chi connectivity index (χ0n) is 9.00. The molecule has 1 rings (SSSR count). The third kappa shape index (κ3) is 3.97. The number of carbonyl (C=O) groups excluding carboxylic acids is 1. The summed E-state index contributed by atoms with van der Waals surface area (Å²) in [6.07, 6.45) is -1.78. The Morgan fingerprint density at radius 3 is 2.75 bits per heavy atom. The average Bonchev–Trinajstić information content (AvgIpc) is 2.57. The molecule has 3 atom stereocenters. The topological polar surface area (TPSA) is 35.5 Å². The first-order valence-electron chi connectivity index (χ1n) is 5.25. The molecule has 0 saturated heterocycles. The lowest BCUT2D eigenvalue weighted by Gasteiger charge is -2.14. The summed E-state index contributed by atoms with van der Waals surface area (Å²) in [7, 11) is 0. The van der Waals surface area contributed by atoms with E-state index in [0.717, 1.165) is 0 Å². The monoisotopic (exact) mass is 300 g/mol. The van der Waals surface area contributed by atoms with Gasteiger partial charge in [-0.05, 0) is 19.8 Å². The number of alkyl halides is 3. The SMILES string of the molecule is CCOC(=O)C1CC(Br)C(OCC(F)F)C1. The summed E-state index contributed by atoms with van der Waals surface area (Å²) in [6.45, 7) is 1.50. The van der Waals surface area contributed by atoms with E-state index >= 15 is 0 Å². The summed E-state index contributed by atoms with van der Waals surface area (Å²) < 4.78 is 33.8. The van der Waals surface area contributed by atoms with Crippen molar-refractivity contribution in [3.05, 3.63) is 0 Å². The number of esters is 1. The van der Waals surface area contributed by atoms with E-state index in [1.165, 1.54) is 0 Å². The van der Waals surface area contributed by atoms with Crippen molar-refractivity contribution in [3.8, 4) is 0 Å². The Hall–Kier alpha value is -0.230. The molecule has 0 aromatic carbocycles. The average molecular weight is 301 g/mol. The van der Waals surface area contributed by atoms with Crippen LogP contribution < -0.4 is 0 Å². The van der Waals surface area contributed by atoms with Crippen LogP contribution >= 0.6 is 15.9 Å². The van der Waals surface area contributed by atoms with E-state index < -0.39 is 13.0 Å². The van der Waals surface area contributed by atoms with E-state index in [4.69, 9.17) is 9.47 Å². The molecule has 0 bridgehead atoms. The minimum absolute atomic E-state index is 0.0549. The van der Waals surface area contributed by atoms with Crippen LogP contribution in [0.3, 0.4) is 0 Å². The Kier molecular flexibility index (Phi) is 5.61. The normalized spacial score (nSPS) is 29.7. The molecule has 0 aromatic rings. The van der Waals surface area contributed by atoms with Crippen LogP contribution in [0.1, 0.15) is 19.8 Å². The second kappa shape index (κ2) is 6.49. The summed E-state index contributed by atoms with van der Waals surface area (Å²) >= 11 is 3.34. The molecule has 0 spiro atoms. The number of hydrogen-bond acceptors (Lipinski definition) is 3. The van der Waals surface area contributed by atoms with Gasteiger partial charge in [-0.2, -0.15) is 0 Å². The van der Waals surface area contributed by atoms with Gasteiger partial charge in [0.1, 0.15) is 6.61 Å². The molecule has 0 N–H and O–H groups in total. The molecule has 3 unspecified atom stereocenters. The third-order valence-corrected chi connectivity index (χ3v) is 3.45. The lowest BCUT2D eigenvalue weighted by Crippen LogP contribution is -2.21. The second-order valence-corrected chi connectivity index (χ2v) is 4.88. The number of ether oxygens (including phenoxy) is 2. The zero-order chi connectivity index (χ0) is 12.1. The van der Waals surface area contributed by atoms with Crippen molar-refractivity contribution >= 4 is 21.9 Å². The van der Waals surface area contributed by atoms with Crippen molar-refractivity contribution in [2.75, 3.05) is 13.2 Å². The van der Waals surface area contributed by atoms with Crippen molar-refractivity contribution < 1.29 is 23.0 Å². The predicted molar refractivity (Wildman–Crippen MR) is 57.8 cm³/mol. The van der Waals surface area contributed by atoms with Crippen LogP contribution in [0, 0.1) is 5.92 Å². The fraction of sp³-hybridized carbons (Fsp3) is 0.900. The van der Waals surface area contributed by atoms with Gasteiger partial charge in [-0.1, -0.05) is 15.9 Å². The van der Waals surface area contributed by atoms with Crippen LogP contribution in [0.25, 0.3) is 0 Å². The smallest absolute Gasteiger partial charge is 0.309 e. The van der Waals surface area contributed by atoms with Gasteiger partial charge in [0.05, 0.1) is 18.6 Å². The molecule has 0 amide bonds. The van der Waals surface area contributed by atoms with Crippen molar-refractivity contribution in [1.82, 2.24) is 0 Å². The highest BCUT2D eigenvalue weighted by Gasteiger charge is 2.38. The van der Waals surface area contributed by atoms with Crippen LogP contribution in [0.5, 0.6) is 0 Å². The lowest BCUT2D eigenvalue weighted by atomic mass is 10.1. The fourth-order valence-electron chi connectivity index (χ4n) is 1.77. The molecule has 1 saturated carbocycles. The molecule has 0 aliphatic heterocycles. The standard InChI is InChI=1S/C10H15BrF2O3/c1-2-15-10(14)6-3-7(11)8(4-6)16-5-9(12)13/h6-9H,2-5H2,1H3. The molecule has 3 nitrogen and oxygen atoms in total. The zero-order valence-corrected chi connectivity index (χ0v) is 10.6. The van der Waals surface area contributed by atoms with Gasteiger partial charge in [0, 0.05) is 4.83 Å². The third-order valence-electron chi connectivity index (χ3n) is 2.49. The van der Waals surface area contributed by atoms with Crippen LogP contribution in [-0.4, -0.2) is 36.5 Å². The van der Waals surface area contributed by atoms with Crippen molar-refractivity contribution in [2.24, 2.45) is 5.92 Å². The minimum Gasteiger partial charge on any atom is -0.466 e.